The van der Waals surface area contributed by atoms with Crippen LogP contribution in [0.3, 0.4) is 0 Å². The van der Waals surface area contributed by atoms with Gasteiger partial charge in [0, 0.05) is 5.92 Å². The minimum Gasteiger partial charge on any atom is -0.465 e. The van der Waals surface area contributed by atoms with Crippen LogP contribution in [0, 0.1) is 19.8 Å². The predicted octanol–water partition coefficient (Wildman–Crippen LogP) is 4.18. The van der Waals surface area contributed by atoms with Crippen LogP contribution < -0.4 is 0 Å². The lowest BCUT2D eigenvalue weighted by molar-refractivity contribution is -0.162. The molecule has 4 heteroatoms. The Balaban J connectivity index is 2.57. The molecule has 26 heavy (non-hydrogen) atoms. The molecular weight excluding hydrogens is 328 g/mol. The van der Waals surface area contributed by atoms with Crippen molar-refractivity contribution < 1.29 is 19.1 Å². The molecule has 0 N–H and O–H groups in total. The summed E-state index contributed by atoms with van der Waals surface area (Å²) in [5.41, 5.74) is 3.98. The van der Waals surface area contributed by atoms with Crippen molar-refractivity contribution >= 4 is 11.9 Å². The second-order valence-electron chi connectivity index (χ2n) is 6.28. The molecule has 0 heterocycles. The summed E-state index contributed by atoms with van der Waals surface area (Å²) in [5.74, 6) is -2.62. The maximum atomic E-state index is 12.7. The van der Waals surface area contributed by atoms with Crippen LogP contribution in [-0.2, 0) is 19.1 Å². The molecule has 0 spiro atoms. The van der Waals surface area contributed by atoms with E-state index in [4.69, 9.17) is 9.47 Å². The molecule has 0 aliphatic carbocycles. The summed E-state index contributed by atoms with van der Waals surface area (Å²) < 4.78 is 10.4. The van der Waals surface area contributed by atoms with E-state index in [1.807, 2.05) is 62.4 Å². The van der Waals surface area contributed by atoms with E-state index in [1.165, 1.54) is 0 Å². The van der Waals surface area contributed by atoms with Crippen LogP contribution in [0.5, 0.6) is 0 Å². The summed E-state index contributed by atoms with van der Waals surface area (Å²) in [6, 6.07) is 15.7. The number of hydrogen-bond donors (Lipinski definition) is 0. The highest BCUT2D eigenvalue weighted by molar-refractivity contribution is 5.96. The topological polar surface area (TPSA) is 52.6 Å². The summed E-state index contributed by atoms with van der Waals surface area (Å²) in [6.07, 6.45) is 0. The minimum absolute atomic E-state index is 0.212. The van der Waals surface area contributed by atoms with Crippen LogP contribution in [-0.4, -0.2) is 25.2 Å². The standard InChI is InChI=1S/C22H26O4/c1-5-25-21(23)20(22(24)26-6-2)19(17-11-7-15(3)8-12-17)18-13-9-16(4)10-14-18/h7-14,19-20H,5-6H2,1-4H3. The van der Waals surface area contributed by atoms with Gasteiger partial charge in [-0.1, -0.05) is 59.7 Å². The highest BCUT2D eigenvalue weighted by Crippen LogP contribution is 2.34. The number of carbonyl (C=O) groups is 2. The van der Waals surface area contributed by atoms with Crippen LogP contribution in [0.4, 0.5) is 0 Å². The van der Waals surface area contributed by atoms with Gasteiger partial charge in [0.1, 0.15) is 0 Å². The summed E-state index contributed by atoms with van der Waals surface area (Å²) in [5, 5.41) is 0. The van der Waals surface area contributed by atoms with Crippen LogP contribution in [0.15, 0.2) is 48.5 Å². The fourth-order valence-electron chi connectivity index (χ4n) is 2.96. The van der Waals surface area contributed by atoms with Gasteiger partial charge in [0.2, 0.25) is 0 Å². The van der Waals surface area contributed by atoms with Crippen molar-refractivity contribution in [2.75, 3.05) is 13.2 Å². The van der Waals surface area contributed by atoms with E-state index in [-0.39, 0.29) is 13.2 Å². The van der Waals surface area contributed by atoms with Crippen molar-refractivity contribution in [3.8, 4) is 0 Å². The molecule has 0 atom stereocenters. The van der Waals surface area contributed by atoms with Crippen molar-refractivity contribution in [1.29, 1.82) is 0 Å². The summed E-state index contributed by atoms with van der Waals surface area (Å²) >= 11 is 0. The Morgan fingerprint density at radius 1 is 0.731 bits per heavy atom. The molecule has 0 fully saturated rings. The minimum atomic E-state index is -1.04. The molecule has 2 aromatic rings. The quantitative estimate of drug-likeness (QED) is 0.553. The monoisotopic (exact) mass is 354 g/mol. The van der Waals surface area contributed by atoms with Crippen LogP contribution in [0.25, 0.3) is 0 Å². The van der Waals surface area contributed by atoms with E-state index in [0.717, 1.165) is 22.3 Å². The first-order valence-corrected chi connectivity index (χ1v) is 8.94. The molecule has 0 aliphatic rings. The van der Waals surface area contributed by atoms with Crippen molar-refractivity contribution in [1.82, 2.24) is 0 Å². The average molecular weight is 354 g/mol. The zero-order valence-corrected chi connectivity index (χ0v) is 15.8. The summed E-state index contributed by atoms with van der Waals surface area (Å²) in [4.78, 5) is 25.3. The highest BCUT2D eigenvalue weighted by atomic mass is 16.6. The number of aryl methyl sites for hydroxylation is 2. The normalized spacial score (nSPS) is 10.8. The van der Waals surface area contributed by atoms with Gasteiger partial charge in [0.15, 0.2) is 5.92 Å². The maximum absolute atomic E-state index is 12.7. The van der Waals surface area contributed by atoms with Gasteiger partial charge in [0.25, 0.3) is 0 Å². The van der Waals surface area contributed by atoms with Gasteiger partial charge >= 0.3 is 11.9 Å². The number of ether oxygens (including phenoxy) is 2. The molecule has 0 aromatic heterocycles. The number of esters is 2. The van der Waals surface area contributed by atoms with Crippen molar-refractivity contribution in [2.24, 2.45) is 5.92 Å². The SMILES string of the molecule is CCOC(=O)C(C(=O)OCC)C(c1ccc(C)cc1)c1ccc(C)cc1. The van der Waals surface area contributed by atoms with Gasteiger partial charge in [-0.3, -0.25) is 9.59 Å². The largest absolute Gasteiger partial charge is 0.465 e. The first-order valence-electron chi connectivity index (χ1n) is 8.94. The van der Waals surface area contributed by atoms with Gasteiger partial charge in [-0.25, -0.2) is 0 Å². The summed E-state index contributed by atoms with van der Waals surface area (Å²) in [6.45, 7) is 7.88. The van der Waals surface area contributed by atoms with Crippen LogP contribution in [0.1, 0.15) is 42.0 Å². The number of carbonyl (C=O) groups excluding carboxylic acids is 2. The van der Waals surface area contributed by atoms with E-state index in [0.29, 0.717) is 0 Å². The lowest BCUT2D eigenvalue weighted by Crippen LogP contribution is -2.34. The summed E-state index contributed by atoms with van der Waals surface area (Å²) in [7, 11) is 0. The van der Waals surface area contributed by atoms with Crippen LogP contribution in [0.2, 0.25) is 0 Å². The number of hydrogen-bond acceptors (Lipinski definition) is 4. The zero-order valence-electron chi connectivity index (χ0n) is 15.8. The maximum Gasteiger partial charge on any atom is 0.321 e. The lowest BCUT2D eigenvalue weighted by atomic mass is 9.80. The molecule has 0 aliphatic heterocycles. The average Bonchev–Trinajstić information content (AvgIpc) is 2.62. The van der Waals surface area contributed by atoms with Crippen LogP contribution >= 0.6 is 0 Å². The van der Waals surface area contributed by atoms with Crippen molar-refractivity contribution in [2.45, 2.75) is 33.6 Å². The van der Waals surface area contributed by atoms with Crippen molar-refractivity contribution in [3.05, 3.63) is 70.8 Å². The van der Waals surface area contributed by atoms with E-state index >= 15 is 0 Å². The van der Waals surface area contributed by atoms with Gasteiger partial charge < -0.3 is 9.47 Å². The van der Waals surface area contributed by atoms with Gasteiger partial charge in [-0.05, 0) is 38.8 Å². The smallest absolute Gasteiger partial charge is 0.321 e. The highest BCUT2D eigenvalue weighted by Gasteiger charge is 2.39. The Morgan fingerprint density at radius 2 is 1.08 bits per heavy atom. The molecule has 0 unspecified atom stereocenters. The number of rotatable bonds is 7. The molecule has 4 nitrogen and oxygen atoms in total. The van der Waals surface area contributed by atoms with E-state index in [1.54, 1.807) is 13.8 Å². The number of benzene rings is 2. The fraction of sp³-hybridized carbons (Fsp3) is 0.364. The Bertz CT molecular complexity index is 668. The van der Waals surface area contributed by atoms with E-state index in [9.17, 15) is 9.59 Å². The molecule has 0 radical (unpaired) electrons. The molecular formula is C22H26O4. The second-order valence-corrected chi connectivity index (χ2v) is 6.28. The molecule has 2 rings (SSSR count). The Labute approximate surface area is 155 Å². The van der Waals surface area contributed by atoms with Crippen molar-refractivity contribution in [3.63, 3.8) is 0 Å². The fourth-order valence-corrected chi connectivity index (χ4v) is 2.96. The second kappa shape index (κ2) is 9.18. The Hall–Kier alpha value is -2.62. The Kier molecular flexibility index (Phi) is 6.96. The molecule has 0 saturated carbocycles. The molecule has 0 amide bonds. The molecule has 138 valence electrons. The first kappa shape index (κ1) is 19.7. The van der Waals surface area contributed by atoms with E-state index < -0.39 is 23.8 Å². The molecule has 0 bridgehead atoms. The lowest BCUT2D eigenvalue weighted by Gasteiger charge is -2.25. The first-order chi connectivity index (χ1) is 12.5. The molecule has 2 aromatic carbocycles. The molecule has 0 saturated heterocycles. The third-order valence-electron chi connectivity index (χ3n) is 4.29. The third-order valence-corrected chi connectivity index (χ3v) is 4.29. The Morgan fingerprint density at radius 3 is 1.38 bits per heavy atom. The van der Waals surface area contributed by atoms with Gasteiger partial charge in [-0.2, -0.15) is 0 Å². The predicted molar refractivity (Wildman–Crippen MR) is 101 cm³/mol. The zero-order chi connectivity index (χ0) is 19.1. The van der Waals surface area contributed by atoms with Gasteiger partial charge in [0.05, 0.1) is 13.2 Å². The van der Waals surface area contributed by atoms with Gasteiger partial charge in [-0.15, -0.1) is 0 Å². The van der Waals surface area contributed by atoms with E-state index in [2.05, 4.69) is 0 Å². The third kappa shape index (κ3) is 4.72.